The second-order valence-electron chi connectivity index (χ2n) is 23.5. The van der Waals surface area contributed by atoms with Gasteiger partial charge in [0.15, 0.2) is 25.2 Å². The van der Waals surface area contributed by atoms with Gasteiger partial charge in [0.05, 0.1) is 84.7 Å². The van der Waals surface area contributed by atoms with Crippen LogP contribution in [0, 0.1) is 52.8 Å². The van der Waals surface area contributed by atoms with Gasteiger partial charge in [0.2, 0.25) is 0 Å². The molecule has 4 heterocycles. The molecule has 4 aliphatic heterocycles. The molecule has 28 nitrogen and oxygen atoms in total. The Bertz CT molecular complexity index is 2820. The van der Waals surface area contributed by atoms with E-state index < -0.39 is 155 Å². The molecule has 0 amide bonds. The highest BCUT2D eigenvalue weighted by Gasteiger charge is 2.47. The first kappa shape index (κ1) is 76.7. The first-order chi connectivity index (χ1) is 46.8. The van der Waals surface area contributed by atoms with Crippen molar-refractivity contribution in [1.82, 2.24) is 0 Å². The van der Waals surface area contributed by atoms with E-state index in [1.807, 2.05) is 48.5 Å². The summed E-state index contributed by atoms with van der Waals surface area (Å²) in [5.74, 6) is 23.2. The molecule has 4 aromatic rings. The maximum Gasteiger partial charge on any atom is 0.187 e. The van der Waals surface area contributed by atoms with Gasteiger partial charge in [0.1, 0.15) is 124 Å². The van der Waals surface area contributed by atoms with Crippen molar-refractivity contribution in [3.05, 3.63) is 142 Å². The van der Waals surface area contributed by atoms with E-state index in [9.17, 15) is 81.7 Å². The smallest absolute Gasteiger partial charge is 0.187 e. The molecule has 0 unspecified atom stereocenters. The van der Waals surface area contributed by atoms with Gasteiger partial charge in [-0.25, -0.2) is 0 Å². The summed E-state index contributed by atoms with van der Waals surface area (Å²) in [6, 6.07) is 28.9. The maximum absolute atomic E-state index is 10.3. The van der Waals surface area contributed by atoms with E-state index in [4.69, 9.17) is 56.8 Å². The Labute approximate surface area is 559 Å². The van der Waals surface area contributed by atoms with Crippen molar-refractivity contribution in [2.24, 2.45) is 5.41 Å². The minimum absolute atomic E-state index is 0.0585. The lowest BCUT2D eigenvalue weighted by Gasteiger charge is -2.39. The van der Waals surface area contributed by atoms with Crippen molar-refractivity contribution < 1.29 is 139 Å². The maximum atomic E-state index is 10.3. The van der Waals surface area contributed by atoms with Crippen LogP contribution in [0.4, 0.5) is 0 Å². The number of hydrogen-bond donors (Lipinski definition) is 16. The summed E-state index contributed by atoms with van der Waals surface area (Å²) in [5, 5.41) is 160. The van der Waals surface area contributed by atoms with E-state index >= 15 is 0 Å². The molecule has 20 atom stereocenters. The second-order valence-corrected chi connectivity index (χ2v) is 23.5. The molecule has 0 aliphatic carbocycles. The quantitative estimate of drug-likeness (QED) is 0.0238. The Morgan fingerprint density at radius 2 is 0.474 bits per heavy atom. The molecule has 0 radical (unpaired) electrons. The average molecular weight is 1360 g/mol. The van der Waals surface area contributed by atoms with Gasteiger partial charge >= 0.3 is 0 Å². The number of hydrogen-bond acceptors (Lipinski definition) is 28. The Morgan fingerprint density at radius 1 is 0.278 bits per heavy atom. The van der Waals surface area contributed by atoms with Gasteiger partial charge in [-0.05, 0) is 70.8 Å². The first-order valence-corrected chi connectivity index (χ1v) is 31.2. The monoisotopic (exact) mass is 1360 g/mol. The van der Waals surface area contributed by atoms with E-state index in [2.05, 4.69) is 47.4 Å². The third-order valence-electron chi connectivity index (χ3n) is 16.1. The van der Waals surface area contributed by atoms with Crippen LogP contribution >= 0.6 is 0 Å². The van der Waals surface area contributed by atoms with Gasteiger partial charge in [-0.2, -0.15) is 0 Å². The fourth-order valence-electron chi connectivity index (χ4n) is 10.4. The Kier molecular flexibility index (Phi) is 30.5. The fraction of sp³-hybridized carbons (Fsp3) is 0.536. The molecule has 0 bridgehead atoms. The van der Waals surface area contributed by atoms with Crippen molar-refractivity contribution in [1.29, 1.82) is 0 Å². The molecule has 528 valence electrons. The molecule has 0 spiro atoms. The van der Waals surface area contributed by atoms with Gasteiger partial charge in [-0.1, -0.05) is 95.9 Å². The first-order valence-electron chi connectivity index (χ1n) is 31.2. The van der Waals surface area contributed by atoms with Crippen LogP contribution in [-0.4, -0.2) is 284 Å². The van der Waals surface area contributed by atoms with Gasteiger partial charge in [-0.3, -0.25) is 0 Å². The van der Waals surface area contributed by atoms with Crippen LogP contribution < -0.4 is 0 Å². The third-order valence-corrected chi connectivity index (χ3v) is 16.1. The van der Waals surface area contributed by atoms with Crippen LogP contribution in [0.1, 0.15) is 44.5 Å². The van der Waals surface area contributed by atoms with Gasteiger partial charge in [-0.15, -0.1) is 0 Å². The third kappa shape index (κ3) is 22.0. The molecule has 4 saturated heterocycles. The van der Waals surface area contributed by atoms with Gasteiger partial charge in [0, 0.05) is 22.3 Å². The van der Waals surface area contributed by atoms with Crippen molar-refractivity contribution in [3.8, 4) is 47.4 Å². The fourth-order valence-corrected chi connectivity index (χ4v) is 10.4. The number of rotatable bonds is 28. The summed E-state index contributed by atoms with van der Waals surface area (Å²) in [5.41, 5.74) is 4.65. The van der Waals surface area contributed by atoms with Gasteiger partial charge < -0.3 is 139 Å². The van der Waals surface area contributed by atoms with Crippen molar-refractivity contribution in [2.45, 2.75) is 149 Å². The summed E-state index contributed by atoms with van der Waals surface area (Å²) in [4.78, 5) is 0. The molecule has 4 aromatic carbocycles. The number of ether oxygens (including phenoxy) is 12. The summed E-state index contributed by atoms with van der Waals surface area (Å²) < 4.78 is 69.5. The molecular weight excluding hydrogens is 1280 g/mol. The van der Waals surface area contributed by atoms with E-state index in [0.29, 0.717) is 22.3 Å². The Hall–Kier alpha value is -6.00. The number of aliphatic hydroxyl groups is 16. The highest BCUT2D eigenvalue weighted by atomic mass is 16.7. The van der Waals surface area contributed by atoms with Crippen LogP contribution in [0.5, 0.6) is 0 Å². The van der Waals surface area contributed by atoms with Crippen molar-refractivity contribution in [3.63, 3.8) is 0 Å². The van der Waals surface area contributed by atoms with Crippen LogP contribution in [-0.2, 0) is 83.3 Å². The van der Waals surface area contributed by atoms with Crippen LogP contribution in [0.25, 0.3) is 0 Å². The largest absolute Gasteiger partial charge is 0.394 e. The topological polar surface area (TPSA) is 434 Å². The van der Waals surface area contributed by atoms with E-state index in [1.165, 1.54) is 0 Å². The molecule has 0 saturated carbocycles. The normalized spacial score (nSPS) is 30.4. The van der Waals surface area contributed by atoms with Gasteiger partial charge in [0.25, 0.3) is 0 Å². The summed E-state index contributed by atoms with van der Waals surface area (Å²) >= 11 is 0. The molecular formula is C69H84O28. The highest BCUT2D eigenvalue weighted by Crippen LogP contribution is 2.28. The zero-order chi connectivity index (χ0) is 69.4. The number of benzene rings is 4. The molecule has 4 aliphatic rings. The Balaban J connectivity index is 0.943. The minimum atomic E-state index is -1.60. The zero-order valence-electron chi connectivity index (χ0n) is 52.7. The van der Waals surface area contributed by atoms with Crippen molar-refractivity contribution in [2.75, 3.05) is 79.3 Å². The highest BCUT2D eigenvalue weighted by molar-refractivity contribution is 5.39. The standard InChI is InChI=1S/C69H84O28/c70-29-49-53(74)57(78)61(82)65(94-49)90-25-1-5-41-9-17-45(18-10-41)33-86-37-69(38-87-34-46-19-11-42(12-20-46)6-2-26-91-66-62(83)58(79)54(75)50(30-71)95-66,39-88-35-47-21-13-43(14-22-47)7-3-27-92-67-63(84)59(80)55(76)51(31-72)96-67)40-89-36-48-23-15-44(16-24-48)8-4-28-93-68-64(85)60(81)56(77)52(32-73)97-68/h9-24,49-68,70-85H,25-40H2/t49-,50-,51-,52-,53+,54+,55+,56+,57+,58+,59+,60+,61-,62-,63-,64-,65-,66-,67-,68-/m1/s1. The van der Waals surface area contributed by atoms with Crippen LogP contribution in [0.15, 0.2) is 97.1 Å². The van der Waals surface area contributed by atoms with E-state index in [0.717, 1.165) is 22.3 Å². The van der Waals surface area contributed by atoms with Crippen molar-refractivity contribution >= 4 is 0 Å². The summed E-state index contributed by atoms with van der Waals surface area (Å²) in [6.07, 6.45) is -28.7. The number of aliphatic hydroxyl groups excluding tert-OH is 16. The molecule has 4 fully saturated rings. The SMILES string of the molecule is OC[C@H]1O[C@@H](OCC#Cc2ccc(COCC(COCc3ccc(C#CCO[C@@H]4O[C@H](CO)[C@H](O)[C@H](O)[C@H]4O)cc3)(COCc3ccc(C#CCO[C@@H]4O[C@H](CO)[C@H](O)[C@H](O)[C@H]4O)cc3)COCc3ccc(C#CCO[C@@H]4O[C@H](CO)[C@H](O)[C@H](O)[C@H]4O)cc3)cc2)[C@H](O)[C@@H](O)[C@H]1O. The second kappa shape index (κ2) is 38.5. The van der Waals surface area contributed by atoms with E-state index in [1.54, 1.807) is 48.5 Å². The predicted octanol–water partition coefficient (Wildman–Crippen LogP) is -4.49. The molecule has 0 aromatic heterocycles. The van der Waals surface area contributed by atoms with Crippen LogP contribution in [0.3, 0.4) is 0 Å². The molecule has 97 heavy (non-hydrogen) atoms. The lowest BCUT2D eigenvalue weighted by atomic mass is 9.92. The molecule has 8 rings (SSSR count). The van der Waals surface area contributed by atoms with E-state index in [-0.39, 0.29) is 79.3 Å². The minimum Gasteiger partial charge on any atom is -0.394 e. The predicted molar refractivity (Wildman–Crippen MR) is 333 cm³/mol. The summed E-state index contributed by atoms with van der Waals surface area (Å²) in [6.45, 7) is -2.46. The zero-order valence-corrected chi connectivity index (χ0v) is 52.7. The molecule has 16 N–H and O–H groups in total. The summed E-state index contributed by atoms with van der Waals surface area (Å²) in [7, 11) is 0. The Morgan fingerprint density at radius 3 is 0.660 bits per heavy atom. The van der Waals surface area contributed by atoms with Crippen LogP contribution in [0.2, 0.25) is 0 Å². The molecule has 28 heteroatoms. The lowest BCUT2D eigenvalue weighted by molar-refractivity contribution is -0.298. The lowest BCUT2D eigenvalue weighted by Crippen LogP contribution is -2.59. The average Bonchev–Trinajstić information content (AvgIpc) is 0.879.